The normalized spacial score (nSPS) is 28.3. The van der Waals surface area contributed by atoms with Crippen molar-refractivity contribution in [2.45, 2.75) is 58.9 Å². The minimum absolute atomic E-state index is 0.211. The summed E-state index contributed by atoms with van der Waals surface area (Å²) in [7, 11) is 0. The van der Waals surface area contributed by atoms with Crippen LogP contribution in [0.2, 0.25) is 0 Å². The molecule has 1 aliphatic heterocycles. The molecule has 2 nitrogen and oxygen atoms in total. The van der Waals surface area contributed by atoms with Crippen LogP contribution >= 0.6 is 0 Å². The number of Topliss-reactive ketones (excluding diaryl/α,β-unsaturated/α-hetero) is 1. The first-order valence-corrected chi connectivity index (χ1v) is 8.33. The van der Waals surface area contributed by atoms with E-state index in [9.17, 15) is 4.79 Å². The number of carbonyl (C=O) groups is 1. The summed E-state index contributed by atoms with van der Waals surface area (Å²) in [5.74, 6) is 0.687. The number of para-hydroxylation sites is 1. The van der Waals surface area contributed by atoms with Crippen molar-refractivity contribution in [3.05, 3.63) is 29.8 Å². The molecule has 0 bridgehead atoms. The Bertz CT molecular complexity index is 534. The highest BCUT2D eigenvalue weighted by atomic mass is 16.1. The van der Waals surface area contributed by atoms with Gasteiger partial charge in [-0.1, -0.05) is 32.0 Å². The Labute approximate surface area is 128 Å². The SMILES string of the molecule is CC1CCc2ccccc2N1CC1CC(C)(C)CCC1=O. The van der Waals surface area contributed by atoms with E-state index in [1.54, 1.807) is 0 Å². The Hall–Kier alpha value is -1.31. The summed E-state index contributed by atoms with van der Waals surface area (Å²) in [6.45, 7) is 7.81. The summed E-state index contributed by atoms with van der Waals surface area (Å²) in [5, 5.41) is 0. The maximum absolute atomic E-state index is 12.3. The standard InChI is InChI=1S/C19H27NO/c1-14-8-9-15-6-4-5-7-17(15)20(14)13-16-12-19(2,3)11-10-18(16)21/h4-7,14,16H,8-13H2,1-3H3. The van der Waals surface area contributed by atoms with Crippen LogP contribution in [0, 0.1) is 11.3 Å². The summed E-state index contributed by atoms with van der Waals surface area (Å²) >= 11 is 0. The van der Waals surface area contributed by atoms with Gasteiger partial charge in [-0.2, -0.15) is 0 Å². The number of benzene rings is 1. The predicted molar refractivity (Wildman–Crippen MR) is 87.7 cm³/mol. The minimum atomic E-state index is 0.211. The number of hydrogen-bond acceptors (Lipinski definition) is 2. The Morgan fingerprint density at radius 1 is 1.24 bits per heavy atom. The number of carbonyl (C=O) groups excluding carboxylic acids is 1. The maximum Gasteiger partial charge on any atom is 0.137 e. The van der Waals surface area contributed by atoms with Gasteiger partial charge in [-0.3, -0.25) is 4.79 Å². The van der Waals surface area contributed by atoms with Gasteiger partial charge in [-0.15, -0.1) is 0 Å². The van der Waals surface area contributed by atoms with Gasteiger partial charge in [-0.05, 0) is 49.7 Å². The fraction of sp³-hybridized carbons (Fsp3) is 0.632. The van der Waals surface area contributed by atoms with E-state index >= 15 is 0 Å². The van der Waals surface area contributed by atoms with Crippen LogP contribution in [0.15, 0.2) is 24.3 Å². The lowest BCUT2D eigenvalue weighted by Gasteiger charge is -2.42. The van der Waals surface area contributed by atoms with Gasteiger partial charge in [0.05, 0.1) is 0 Å². The van der Waals surface area contributed by atoms with Crippen LogP contribution in [-0.2, 0) is 11.2 Å². The second kappa shape index (κ2) is 5.47. The molecule has 1 aromatic rings. The number of aryl methyl sites for hydroxylation is 1. The highest BCUT2D eigenvalue weighted by Crippen LogP contribution is 2.39. The fourth-order valence-corrected chi connectivity index (χ4v) is 3.99. The Morgan fingerprint density at radius 2 is 2.00 bits per heavy atom. The Morgan fingerprint density at radius 3 is 2.81 bits per heavy atom. The van der Waals surface area contributed by atoms with Crippen LogP contribution in [0.25, 0.3) is 0 Å². The van der Waals surface area contributed by atoms with Crippen LogP contribution in [0.3, 0.4) is 0 Å². The zero-order valence-electron chi connectivity index (χ0n) is 13.6. The van der Waals surface area contributed by atoms with Gasteiger partial charge in [0.15, 0.2) is 0 Å². The zero-order chi connectivity index (χ0) is 15.0. The third-order valence-corrected chi connectivity index (χ3v) is 5.38. The first-order valence-electron chi connectivity index (χ1n) is 8.33. The van der Waals surface area contributed by atoms with Crippen LogP contribution < -0.4 is 4.90 Å². The highest BCUT2D eigenvalue weighted by molar-refractivity contribution is 5.82. The van der Waals surface area contributed by atoms with Crippen LogP contribution in [0.1, 0.15) is 52.0 Å². The van der Waals surface area contributed by atoms with Crippen molar-refractivity contribution in [3.63, 3.8) is 0 Å². The van der Waals surface area contributed by atoms with Crippen LogP contribution in [0.5, 0.6) is 0 Å². The van der Waals surface area contributed by atoms with Crippen molar-refractivity contribution in [2.24, 2.45) is 11.3 Å². The number of fused-ring (bicyclic) bond motifs is 1. The van der Waals surface area contributed by atoms with E-state index in [4.69, 9.17) is 0 Å². The molecule has 0 radical (unpaired) electrons. The van der Waals surface area contributed by atoms with E-state index in [1.807, 2.05) is 0 Å². The third-order valence-electron chi connectivity index (χ3n) is 5.38. The molecule has 1 aliphatic carbocycles. The molecule has 2 atom stereocenters. The molecule has 3 rings (SSSR count). The fourth-order valence-electron chi connectivity index (χ4n) is 3.99. The number of nitrogens with zero attached hydrogens (tertiary/aromatic N) is 1. The average molecular weight is 285 g/mol. The van der Waals surface area contributed by atoms with E-state index in [2.05, 4.69) is 49.9 Å². The van der Waals surface area contributed by atoms with Crippen molar-refractivity contribution in [1.29, 1.82) is 0 Å². The molecule has 2 heteroatoms. The molecule has 0 amide bonds. The Kier molecular flexibility index (Phi) is 3.81. The number of hydrogen-bond donors (Lipinski definition) is 0. The highest BCUT2D eigenvalue weighted by Gasteiger charge is 2.36. The molecular weight excluding hydrogens is 258 g/mol. The topological polar surface area (TPSA) is 20.3 Å². The molecule has 1 saturated carbocycles. The van der Waals surface area contributed by atoms with E-state index in [0.29, 0.717) is 17.2 Å². The largest absolute Gasteiger partial charge is 0.368 e. The molecular formula is C19H27NO. The first-order chi connectivity index (χ1) is 9.96. The molecule has 0 aromatic heterocycles. The molecule has 2 aliphatic rings. The van der Waals surface area contributed by atoms with Crippen molar-refractivity contribution in [2.75, 3.05) is 11.4 Å². The maximum atomic E-state index is 12.3. The average Bonchev–Trinajstić information content (AvgIpc) is 2.45. The summed E-state index contributed by atoms with van der Waals surface area (Å²) in [6, 6.07) is 9.25. The molecule has 0 saturated heterocycles. The minimum Gasteiger partial charge on any atom is -0.368 e. The summed E-state index contributed by atoms with van der Waals surface area (Å²) in [4.78, 5) is 14.8. The number of anilines is 1. The predicted octanol–water partition coefficient (Wildman–Crippen LogP) is 4.22. The zero-order valence-corrected chi connectivity index (χ0v) is 13.6. The van der Waals surface area contributed by atoms with Gasteiger partial charge < -0.3 is 4.90 Å². The van der Waals surface area contributed by atoms with Gasteiger partial charge >= 0.3 is 0 Å². The van der Waals surface area contributed by atoms with Crippen molar-refractivity contribution >= 4 is 11.5 Å². The van der Waals surface area contributed by atoms with Gasteiger partial charge in [-0.25, -0.2) is 0 Å². The van der Waals surface area contributed by atoms with Gasteiger partial charge in [0.2, 0.25) is 0 Å². The van der Waals surface area contributed by atoms with E-state index in [1.165, 1.54) is 17.7 Å². The summed E-state index contributed by atoms with van der Waals surface area (Å²) in [6.07, 6.45) is 5.21. The van der Waals surface area contributed by atoms with Gasteiger partial charge in [0, 0.05) is 30.6 Å². The van der Waals surface area contributed by atoms with Crippen molar-refractivity contribution in [1.82, 2.24) is 0 Å². The number of ketones is 1. The first kappa shape index (κ1) is 14.6. The second-order valence-corrected chi connectivity index (χ2v) is 7.70. The molecule has 1 heterocycles. The lowest BCUT2D eigenvalue weighted by atomic mass is 9.71. The van der Waals surface area contributed by atoms with Gasteiger partial charge in [0.25, 0.3) is 0 Å². The monoisotopic (exact) mass is 285 g/mol. The quantitative estimate of drug-likeness (QED) is 0.810. The number of rotatable bonds is 2. The second-order valence-electron chi connectivity index (χ2n) is 7.70. The van der Waals surface area contributed by atoms with E-state index < -0.39 is 0 Å². The lowest BCUT2D eigenvalue weighted by Crippen LogP contribution is -2.44. The van der Waals surface area contributed by atoms with E-state index in [0.717, 1.165) is 32.2 Å². The van der Waals surface area contributed by atoms with Crippen molar-refractivity contribution in [3.8, 4) is 0 Å². The molecule has 21 heavy (non-hydrogen) atoms. The van der Waals surface area contributed by atoms with Crippen molar-refractivity contribution < 1.29 is 4.79 Å². The molecule has 2 unspecified atom stereocenters. The molecule has 1 aromatic carbocycles. The molecule has 114 valence electrons. The summed E-state index contributed by atoms with van der Waals surface area (Å²) in [5.41, 5.74) is 3.11. The van der Waals surface area contributed by atoms with E-state index in [-0.39, 0.29) is 5.92 Å². The summed E-state index contributed by atoms with van der Waals surface area (Å²) < 4.78 is 0. The van der Waals surface area contributed by atoms with Crippen LogP contribution in [-0.4, -0.2) is 18.4 Å². The Balaban J connectivity index is 1.82. The third kappa shape index (κ3) is 3.00. The van der Waals surface area contributed by atoms with Crippen LogP contribution in [0.4, 0.5) is 5.69 Å². The molecule has 0 spiro atoms. The lowest BCUT2D eigenvalue weighted by molar-refractivity contribution is -0.126. The smallest absolute Gasteiger partial charge is 0.137 e. The molecule has 1 fully saturated rings. The van der Waals surface area contributed by atoms with Gasteiger partial charge in [0.1, 0.15) is 5.78 Å². The molecule has 0 N–H and O–H groups in total.